The fourth-order valence-corrected chi connectivity index (χ4v) is 4.48. The summed E-state index contributed by atoms with van der Waals surface area (Å²) in [6, 6.07) is 10.7. The van der Waals surface area contributed by atoms with Gasteiger partial charge < -0.3 is 10.1 Å². The number of nitrogens with one attached hydrogen (secondary N) is 1. The predicted octanol–water partition coefficient (Wildman–Crippen LogP) is 5.85. The van der Waals surface area contributed by atoms with Crippen LogP contribution in [0.3, 0.4) is 0 Å². The smallest absolute Gasteiger partial charge is 0.230 e. The maximum Gasteiger partial charge on any atom is 0.230 e. The average Bonchev–Trinajstić information content (AvgIpc) is 3.16. The van der Waals surface area contributed by atoms with Crippen LogP contribution in [-0.2, 0) is 16.3 Å². The molecule has 36 heavy (non-hydrogen) atoms. The molecular weight excluding hydrogens is 468 g/mol. The number of aromatic nitrogens is 5. The molecule has 0 atom stereocenters. The molecule has 4 aromatic rings. The van der Waals surface area contributed by atoms with Crippen molar-refractivity contribution < 1.29 is 9.53 Å². The van der Waals surface area contributed by atoms with Crippen molar-refractivity contribution in [3.05, 3.63) is 55.1 Å². The van der Waals surface area contributed by atoms with Crippen LogP contribution in [0.1, 0.15) is 20.8 Å². The van der Waals surface area contributed by atoms with E-state index in [0.717, 1.165) is 39.7 Å². The molecule has 0 saturated heterocycles. The second kappa shape index (κ2) is 10.3. The van der Waals surface area contributed by atoms with Gasteiger partial charge in [0, 0.05) is 50.4 Å². The van der Waals surface area contributed by atoms with E-state index >= 15 is 0 Å². The number of hydrogen-bond acceptors (Lipinski definition) is 6. The van der Waals surface area contributed by atoms with Gasteiger partial charge in [-0.05, 0) is 30.3 Å². The fraction of sp³-hybridized carbons (Fsp3) is 0.370. The van der Waals surface area contributed by atoms with Gasteiger partial charge in [-0.1, -0.05) is 46.5 Å². The fourth-order valence-electron chi connectivity index (χ4n) is 3.72. The molecule has 0 aliphatic carbocycles. The van der Waals surface area contributed by atoms with Crippen molar-refractivity contribution in [3.63, 3.8) is 0 Å². The van der Waals surface area contributed by atoms with E-state index in [4.69, 9.17) is 4.74 Å². The molecule has 9 heteroatoms. The summed E-state index contributed by atoms with van der Waals surface area (Å²) in [5.41, 5.74) is 4.32. The van der Waals surface area contributed by atoms with Gasteiger partial charge in [0.25, 0.3) is 0 Å². The molecular formula is C27H34N6O2Si. The number of carbonyl (C=O) groups is 1. The molecule has 0 spiro atoms. The van der Waals surface area contributed by atoms with Crippen molar-refractivity contribution >= 4 is 31.0 Å². The summed E-state index contributed by atoms with van der Waals surface area (Å²) in [4.78, 5) is 31.0. The highest BCUT2D eigenvalue weighted by Gasteiger charge is 2.25. The van der Waals surface area contributed by atoms with E-state index in [9.17, 15) is 4.79 Å². The summed E-state index contributed by atoms with van der Waals surface area (Å²) < 4.78 is 8.22. The first-order valence-electron chi connectivity index (χ1n) is 12.1. The monoisotopic (exact) mass is 502 g/mol. The molecule has 0 aromatic carbocycles. The van der Waals surface area contributed by atoms with Gasteiger partial charge >= 0.3 is 0 Å². The Balaban J connectivity index is 1.85. The second-order valence-electron chi connectivity index (χ2n) is 11.1. The SMILES string of the molecule is CC(C)(C)C(=O)Nc1cc(-c2c(-c3ccccn3)c3nccnc3n2COCC[Si](C)(C)C)ccn1. The molecule has 0 unspecified atom stereocenters. The van der Waals surface area contributed by atoms with Crippen LogP contribution in [0.2, 0.25) is 25.7 Å². The minimum Gasteiger partial charge on any atom is -0.361 e. The van der Waals surface area contributed by atoms with E-state index in [-0.39, 0.29) is 5.91 Å². The number of ether oxygens (including phenoxy) is 1. The van der Waals surface area contributed by atoms with Gasteiger partial charge in [-0.3, -0.25) is 19.3 Å². The van der Waals surface area contributed by atoms with Crippen LogP contribution in [0.15, 0.2) is 55.1 Å². The third-order valence-electron chi connectivity index (χ3n) is 5.77. The van der Waals surface area contributed by atoms with Gasteiger partial charge in [-0.15, -0.1) is 0 Å². The lowest BCUT2D eigenvalue weighted by Gasteiger charge is -2.18. The quantitative estimate of drug-likeness (QED) is 0.240. The molecule has 0 aliphatic heterocycles. The Kier molecular flexibility index (Phi) is 7.32. The van der Waals surface area contributed by atoms with Gasteiger partial charge in [-0.2, -0.15) is 0 Å². The van der Waals surface area contributed by atoms with E-state index < -0.39 is 13.5 Å². The van der Waals surface area contributed by atoms with Gasteiger partial charge in [0.15, 0.2) is 5.65 Å². The molecule has 0 radical (unpaired) electrons. The van der Waals surface area contributed by atoms with Crippen LogP contribution in [0.5, 0.6) is 0 Å². The minimum absolute atomic E-state index is 0.101. The molecule has 8 nitrogen and oxygen atoms in total. The number of anilines is 1. The number of nitrogens with zero attached hydrogens (tertiary/aromatic N) is 5. The van der Waals surface area contributed by atoms with Crippen molar-refractivity contribution in [2.24, 2.45) is 5.41 Å². The summed E-state index contributed by atoms with van der Waals surface area (Å²) in [5, 5.41) is 2.94. The Labute approximate surface area is 213 Å². The molecule has 4 heterocycles. The summed E-state index contributed by atoms with van der Waals surface area (Å²) in [6.07, 6.45) is 6.85. The van der Waals surface area contributed by atoms with Gasteiger partial charge in [0.05, 0.1) is 17.0 Å². The molecule has 0 aliphatic rings. The molecule has 188 valence electrons. The third-order valence-corrected chi connectivity index (χ3v) is 7.48. The molecule has 1 N–H and O–H groups in total. The van der Waals surface area contributed by atoms with E-state index in [1.54, 1.807) is 24.8 Å². The van der Waals surface area contributed by atoms with E-state index in [1.807, 2.05) is 55.7 Å². The lowest BCUT2D eigenvalue weighted by molar-refractivity contribution is -0.123. The second-order valence-corrected chi connectivity index (χ2v) is 16.7. The van der Waals surface area contributed by atoms with Crippen LogP contribution in [0.4, 0.5) is 5.82 Å². The number of pyridine rings is 2. The highest BCUT2D eigenvalue weighted by Crippen LogP contribution is 2.39. The molecule has 0 bridgehead atoms. The average molecular weight is 503 g/mol. The normalized spacial score (nSPS) is 12.2. The number of fused-ring (bicyclic) bond motifs is 1. The van der Waals surface area contributed by atoms with Gasteiger partial charge in [0.2, 0.25) is 5.91 Å². The first-order valence-corrected chi connectivity index (χ1v) is 15.9. The summed E-state index contributed by atoms with van der Waals surface area (Å²) in [7, 11) is -1.23. The van der Waals surface area contributed by atoms with Crippen LogP contribution >= 0.6 is 0 Å². The molecule has 0 fully saturated rings. The van der Waals surface area contributed by atoms with Crippen LogP contribution in [0, 0.1) is 5.41 Å². The summed E-state index contributed by atoms with van der Waals surface area (Å²) in [5.74, 6) is 0.382. The Morgan fingerprint density at radius 2 is 1.78 bits per heavy atom. The molecule has 4 rings (SSSR count). The van der Waals surface area contributed by atoms with Crippen LogP contribution < -0.4 is 5.32 Å². The molecule has 1 amide bonds. The first kappa shape index (κ1) is 25.7. The molecule has 4 aromatic heterocycles. The largest absolute Gasteiger partial charge is 0.361 e. The van der Waals surface area contributed by atoms with Gasteiger partial charge in [-0.25, -0.2) is 9.97 Å². The number of amides is 1. The summed E-state index contributed by atoms with van der Waals surface area (Å²) in [6.45, 7) is 13.6. The zero-order valence-corrected chi connectivity index (χ0v) is 22.9. The lowest BCUT2D eigenvalue weighted by atomic mass is 9.96. The minimum atomic E-state index is -1.23. The topological polar surface area (TPSA) is 94.8 Å². The Morgan fingerprint density at radius 3 is 2.47 bits per heavy atom. The lowest BCUT2D eigenvalue weighted by Crippen LogP contribution is -2.28. The number of rotatable bonds is 8. The van der Waals surface area contributed by atoms with Crippen LogP contribution in [0.25, 0.3) is 33.7 Å². The van der Waals surface area contributed by atoms with E-state index in [1.165, 1.54) is 0 Å². The Morgan fingerprint density at radius 1 is 1.00 bits per heavy atom. The Bertz CT molecular complexity index is 1360. The van der Waals surface area contributed by atoms with Crippen molar-refractivity contribution in [3.8, 4) is 22.5 Å². The first-order chi connectivity index (χ1) is 17.0. The van der Waals surface area contributed by atoms with E-state index in [2.05, 4.69) is 44.9 Å². The highest BCUT2D eigenvalue weighted by atomic mass is 28.3. The Hall–Kier alpha value is -3.43. The van der Waals surface area contributed by atoms with Crippen LogP contribution in [-0.4, -0.2) is 45.1 Å². The highest BCUT2D eigenvalue weighted by molar-refractivity contribution is 6.76. The summed E-state index contributed by atoms with van der Waals surface area (Å²) >= 11 is 0. The van der Waals surface area contributed by atoms with Crippen molar-refractivity contribution in [1.82, 2.24) is 24.5 Å². The maximum absolute atomic E-state index is 12.6. The number of carbonyl (C=O) groups excluding carboxylic acids is 1. The number of hydrogen-bond donors (Lipinski definition) is 1. The van der Waals surface area contributed by atoms with Crippen molar-refractivity contribution in [2.45, 2.75) is 53.2 Å². The maximum atomic E-state index is 12.6. The zero-order valence-electron chi connectivity index (χ0n) is 21.9. The third kappa shape index (κ3) is 5.85. The standard InChI is InChI=1S/C27H34N6O2Si/c1-27(2,3)26(34)32-21-17-19(10-12-29-21)24-22(20-9-7-8-11-28-20)23-25(31-14-13-30-23)33(24)18-35-15-16-36(4,5)6/h7-14,17H,15-16,18H2,1-6H3,(H,29,32,34). The predicted molar refractivity (Wildman–Crippen MR) is 146 cm³/mol. The molecule has 0 saturated carbocycles. The van der Waals surface area contributed by atoms with Gasteiger partial charge in [0.1, 0.15) is 18.1 Å². The van der Waals surface area contributed by atoms with Crippen molar-refractivity contribution in [1.29, 1.82) is 0 Å². The van der Waals surface area contributed by atoms with Crippen molar-refractivity contribution in [2.75, 3.05) is 11.9 Å². The zero-order chi connectivity index (χ0) is 25.9. The van der Waals surface area contributed by atoms with E-state index in [0.29, 0.717) is 19.2 Å².